The van der Waals surface area contributed by atoms with Gasteiger partial charge in [-0.3, -0.25) is 19.0 Å². The van der Waals surface area contributed by atoms with Gasteiger partial charge in [0.2, 0.25) is 0 Å². The molecule has 0 bridgehead atoms. The third kappa shape index (κ3) is 3.32. The number of hydrogen-bond donors (Lipinski definition) is 2. The maximum absolute atomic E-state index is 12.8. The monoisotopic (exact) mass is 371 g/mol. The second-order valence-corrected chi connectivity index (χ2v) is 7.24. The minimum Gasteiger partial charge on any atom is -0.481 e. The number of carboxylic acids is 1. The fraction of sp³-hybridized carbons (Fsp3) is 0.474. The van der Waals surface area contributed by atoms with Crippen LogP contribution in [0.1, 0.15) is 41.9 Å². The first-order valence-corrected chi connectivity index (χ1v) is 9.13. The number of rotatable bonds is 4. The number of benzene rings is 1. The number of hydrogen-bond acceptors (Lipinski definition) is 5. The fourth-order valence-corrected chi connectivity index (χ4v) is 3.94. The molecule has 142 valence electrons. The Morgan fingerprint density at radius 3 is 2.81 bits per heavy atom. The van der Waals surface area contributed by atoms with Crippen LogP contribution in [0, 0.1) is 0 Å². The van der Waals surface area contributed by atoms with Gasteiger partial charge in [0, 0.05) is 31.7 Å². The zero-order chi connectivity index (χ0) is 19.0. The normalized spacial score (nSPS) is 18.2. The van der Waals surface area contributed by atoms with Gasteiger partial charge in [-0.05, 0) is 37.5 Å². The third-order valence-corrected chi connectivity index (χ3v) is 5.40. The molecule has 0 unspecified atom stereocenters. The number of nitrogens with zero attached hydrogens (tertiary/aromatic N) is 2. The van der Waals surface area contributed by atoms with E-state index in [9.17, 15) is 19.5 Å². The summed E-state index contributed by atoms with van der Waals surface area (Å²) in [6.07, 6.45) is 2.40. The molecule has 3 heterocycles. The minimum atomic E-state index is -0.957. The standard InChI is InChI=1S/C19H21N3O5/c23-16(24)11-19(5-8-27-9-6-19)21-17(25)12-3-4-13-14(10-12)20-15-2-1-7-22(15)18(13)26/h3-4,10H,1-2,5-9,11H2,(H,21,25)(H,23,24). The number of carboxylic acid groups (broad SMARTS) is 1. The van der Waals surface area contributed by atoms with Crippen molar-refractivity contribution in [1.29, 1.82) is 0 Å². The van der Waals surface area contributed by atoms with Gasteiger partial charge in [0.05, 0.1) is 22.9 Å². The van der Waals surface area contributed by atoms with Gasteiger partial charge in [-0.2, -0.15) is 0 Å². The predicted molar refractivity (Wildman–Crippen MR) is 96.8 cm³/mol. The number of ether oxygens (including phenoxy) is 1. The number of carbonyl (C=O) groups is 2. The number of amides is 1. The summed E-state index contributed by atoms with van der Waals surface area (Å²) >= 11 is 0. The molecule has 0 radical (unpaired) electrons. The lowest BCUT2D eigenvalue weighted by Crippen LogP contribution is -2.53. The Kier molecular flexibility index (Phi) is 4.43. The van der Waals surface area contributed by atoms with E-state index in [1.807, 2.05) is 0 Å². The summed E-state index contributed by atoms with van der Waals surface area (Å²) in [6.45, 7) is 1.50. The van der Waals surface area contributed by atoms with E-state index < -0.39 is 11.5 Å². The van der Waals surface area contributed by atoms with E-state index in [2.05, 4.69) is 10.3 Å². The summed E-state index contributed by atoms with van der Waals surface area (Å²) in [5.41, 5.74) is -0.0268. The molecule has 0 spiro atoms. The molecule has 0 atom stereocenters. The van der Waals surface area contributed by atoms with Crippen LogP contribution < -0.4 is 10.9 Å². The van der Waals surface area contributed by atoms with Crippen molar-refractivity contribution in [3.63, 3.8) is 0 Å². The highest BCUT2D eigenvalue weighted by Crippen LogP contribution is 2.25. The molecule has 8 heteroatoms. The molecule has 1 fully saturated rings. The summed E-state index contributed by atoms with van der Waals surface area (Å²) < 4.78 is 7.00. The largest absolute Gasteiger partial charge is 0.481 e. The highest BCUT2D eigenvalue weighted by Gasteiger charge is 2.36. The smallest absolute Gasteiger partial charge is 0.305 e. The Morgan fingerprint density at radius 1 is 1.30 bits per heavy atom. The van der Waals surface area contributed by atoms with Gasteiger partial charge in [0.25, 0.3) is 11.5 Å². The van der Waals surface area contributed by atoms with Gasteiger partial charge in [-0.1, -0.05) is 0 Å². The van der Waals surface area contributed by atoms with Crippen molar-refractivity contribution < 1.29 is 19.4 Å². The van der Waals surface area contributed by atoms with Crippen LogP contribution >= 0.6 is 0 Å². The van der Waals surface area contributed by atoms with Gasteiger partial charge in [0.15, 0.2) is 0 Å². The predicted octanol–water partition coefficient (Wildman–Crippen LogP) is 1.10. The molecule has 0 saturated carbocycles. The van der Waals surface area contributed by atoms with Crippen molar-refractivity contribution in [2.45, 2.75) is 44.2 Å². The summed E-state index contributed by atoms with van der Waals surface area (Å²) in [5.74, 6) is -0.569. The first-order chi connectivity index (χ1) is 13.0. The number of aryl methyl sites for hydroxylation is 1. The molecule has 1 amide bonds. The number of aliphatic carboxylic acids is 1. The number of aromatic nitrogens is 2. The lowest BCUT2D eigenvalue weighted by Gasteiger charge is -2.36. The van der Waals surface area contributed by atoms with Crippen molar-refractivity contribution in [2.75, 3.05) is 13.2 Å². The molecule has 1 saturated heterocycles. The van der Waals surface area contributed by atoms with E-state index in [1.165, 1.54) is 0 Å². The number of carbonyl (C=O) groups excluding carboxylic acids is 1. The van der Waals surface area contributed by atoms with Crippen LogP contribution in [0.2, 0.25) is 0 Å². The zero-order valence-corrected chi connectivity index (χ0v) is 14.9. The molecular weight excluding hydrogens is 350 g/mol. The van der Waals surface area contributed by atoms with E-state index in [4.69, 9.17) is 4.74 Å². The Bertz CT molecular complexity index is 975. The maximum atomic E-state index is 12.8. The molecular formula is C19H21N3O5. The van der Waals surface area contributed by atoms with Crippen LogP contribution in [0.25, 0.3) is 10.9 Å². The Hall–Kier alpha value is -2.74. The van der Waals surface area contributed by atoms with Gasteiger partial charge in [0.1, 0.15) is 5.82 Å². The lowest BCUT2D eigenvalue weighted by atomic mass is 9.86. The summed E-state index contributed by atoms with van der Waals surface area (Å²) in [6, 6.07) is 4.83. The fourth-order valence-electron chi connectivity index (χ4n) is 3.94. The zero-order valence-electron chi connectivity index (χ0n) is 14.9. The van der Waals surface area contributed by atoms with Crippen molar-refractivity contribution in [3.8, 4) is 0 Å². The topological polar surface area (TPSA) is 111 Å². The van der Waals surface area contributed by atoms with E-state index in [0.29, 0.717) is 49.1 Å². The van der Waals surface area contributed by atoms with Crippen LogP contribution in [-0.2, 0) is 22.5 Å². The third-order valence-electron chi connectivity index (χ3n) is 5.40. The van der Waals surface area contributed by atoms with Crippen molar-refractivity contribution in [3.05, 3.63) is 39.9 Å². The van der Waals surface area contributed by atoms with Crippen LogP contribution in [0.4, 0.5) is 0 Å². The average molecular weight is 371 g/mol. The Morgan fingerprint density at radius 2 is 2.07 bits per heavy atom. The van der Waals surface area contributed by atoms with Crippen molar-refractivity contribution in [1.82, 2.24) is 14.9 Å². The Balaban J connectivity index is 1.65. The molecule has 0 aliphatic carbocycles. The lowest BCUT2D eigenvalue weighted by molar-refractivity contribution is -0.139. The molecule has 8 nitrogen and oxygen atoms in total. The summed E-state index contributed by atoms with van der Waals surface area (Å²) in [5, 5.41) is 12.6. The number of fused-ring (bicyclic) bond motifs is 2. The minimum absolute atomic E-state index is 0.0776. The van der Waals surface area contributed by atoms with Crippen molar-refractivity contribution >= 4 is 22.8 Å². The molecule has 2 N–H and O–H groups in total. The van der Waals surface area contributed by atoms with Crippen LogP contribution in [0.15, 0.2) is 23.0 Å². The van der Waals surface area contributed by atoms with Gasteiger partial charge in [-0.25, -0.2) is 4.98 Å². The molecule has 1 aromatic heterocycles. The van der Waals surface area contributed by atoms with Crippen LogP contribution in [-0.4, -0.2) is 45.3 Å². The summed E-state index contributed by atoms with van der Waals surface area (Å²) in [7, 11) is 0. The quantitative estimate of drug-likeness (QED) is 0.833. The van der Waals surface area contributed by atoms with Crippen LogP contribution in [0.3, 0.4) is 0 Å². The molecule has 2 aromatic rings. The van der Waals surface area contributed by atoms with Gasteiger partial charge in [-0.15, -0.1) is 0 Å². The molecule has 1 aromatic carbocycles. The van der Waals surface area contributed by atoms with Gasteiger partial charge >= 0.3 is 5.97 Å². The van der Waals surface area contributed by atoms with Gasteiger partial charge < -0.3 is 15.2 Å². The second-order valence-electron chi connectivity index (χ2n) is 7.24. The SMILES string of the molecule is O=C(O)CC1(NC(=O)c2ccc3c(=O)n4c(nc3c2)CCC4)CCOCC1. The highest BCUT2D eigenvalue weighted by atomic mass is 16.5. The van der Waals surface area contributed by atoms with E-state index in [1.54, 1.807) is 22.8 Å². The number of nitrogens with one attached hydrogen (secondary N) is 1. The molecule has 4 rings (SSSR count). The van der Waals surface area contributed by atoms with E-state index in [0.717, 1.165) is 18.7 Å². The average Bonchev–Trinajstić information content (AvgIpc) is 3.10. The molecule has 27 heavy (non-hydrogen) atoms. The summed E-state index contributed by atoms with van der Waals surface area (Å²) in [4.78, 5) is 41.2. The first-order valence-electron chi connectivity index (χ1n) is 9.13. The molecule has 2 aliphatic heterocycles. The maximum Gasteiger partial charge on any atom is 0.305 e. The highest BCUT2D eigenvalue weighted by molar-refractivity contribution is 5.98. The van der Waals surface area contributed by atoms with Crippen LogP contribution in [0.5, 0.6) is 0 Å². The molecule has 2 aliphatic rings. The van der Waals surface area contributed by atoms with Crippen molar-refractivity contribution in [2.24, 2.45) is 0 Å². The second kappa shape index (κ2) is 6.77. The Labute approximate surface area is 155 Å². The first kappa shape index (κ1) is 17.7. The van der Waals surface area contributed by atoms with E-state index >= 15 is 0 Å². The van der Waals surface area contributed by atoms with E-state index in [-0.39, 0.29) is 17.9 Å².